The zero-order chi connectivity index (χ0) is 15.7. The Morgan fingerprint density at radius 2 is 1.73 bits per heavy atom. The van der Waals surface area contributed by atoms with Crippen LogP contribution in [0.25, 0.3) is 16.5 Å². The largest absolute Gasteiger partial charge is 0.422 e. The van der Waals surface area contributed by atoms with E-state index in [0.717, 1.165) is 5.56 Å². The van der Waals surface area contributed by atoms with Gasteiger partial charge in [0.1, 0.15) is 11.1 Å². The van der Waals surface area contributed by atoms with Crippen LogP contribution in [0.3, 0.4) is 0 Å². The number of Topliss-reactive ketones (excluding diaryl/α,β-unsaturated/α-hetero) is 1. The second-order valence-electron chi connectivity index (χ2n) is 5.16. The Morgan fingerprint density at radius 3 is 2.45 bits per heavy atom. The normalized spacial score (nSPS) is 10.6. The van der Waals surface area contributed by atoms with Crippen LogP contribution < -0.4 is 5.63 Å². The van der Waals surface area contributed by atoms with Gasteiger partial charge in [0.05, 0.1) is 0 Å². The van der Waals surface area contributed by atoms with Crippen LogP contribution in [0.5, 0.6) is 0 Å². The van der Waals surface area contributed by atoms with E-state index in [1.807, 2.05) is 37.3 Å². The molecule has 0 N–H and O–H groups in total. The molecule has 1 heterocycles. The molecule has 3 nitrogen and oxygen atoms in total. The maximum Gasteiger partial charge on any atom is 0.347 e. The molecule has 0 aliphatic carbocycles. The first kappa shape index (κ1) is 14.0. The number of carbonyl (C=O) groups excluding carboxylic acids is 1. The highest BCUT2D eigenvalue weighted by molar-refractivity contribution is 6.28. The molecule has 0 aliphatic rings. The summed E-state index contributed by atoms with van der Waals surface area (Å²) in [5, 5.41) is 0.710. The van der Waals surface area contributed by atoms with Gasteiger partial charge in [-0.05, 0) is 24.6 Å². The van der Waals surface area contributed by atoms with Gasteiger partial charge in [-0.15, -0.1) is 0 Å². The van der Waals surface area contributed by atoms with Crippen LogP contribution >= 0.6 is 0 Å². The average molecular weight is 290 g/mol. The quantitative estimate of drug-likeness (QED) is 0.416. The number of benzene rings is 2. The summed E-state index contributed by atoms with van der Waals surface area (Å²) in [5.74, 6) is -0.414. The molecule has 0 fully saturated rings. The summed E-state index contributed by atoms with van der Waals surface area (Å²) >= 11 is 0. The highest BCUT2D eigenvalue weighted by atomic mass is 16.4. The molecule has 0 amide bonds. The Hall–Kier alpha value is -2.94. The standard InChI is InChI=1S/C19H14O3/c1-12-7-9-14(10-8-12)13(2)18(20)16-11-15-5-3-4-6-17(15)22-19(16)21/h3-11H,2H2,1H3. The highest BCUT2D eigenvalue weighted by Gasteiger charge is 2.17. The minimum atomic E-state index is -0.642. The second-order valence-corrected chi connectivity index (χ2v) is 5.16. The summed E-state index contributed by atoms with van der Waals surface area (Å²) in [5.41, 5.74) is 1.89. The van der Waals surface area contributed by atoms with E-state index in [9.17, 15) is 9.59 Å². The molecule has 2 aromatic carbocycles. The Kier molecular flexibility index (Phi) is 3.47. The third kappa shape index (κ3) is 2.49. The summed E-state index contributed by atoms with van der Waals surface area (Å²) < 4.78 is 5.20. The predicted molar refractivity (Wildman–Crippen MR) is 87.0 cm³/mol. The van der Waals surface area contributed by atoms with E-state index in [2.05, 4.69) is 6.58 Å². The molecule has 3 rings (SSSR count). The first-order valence-corrected chi connectivity index (χ1v) is 6.90. The number of carbonyl (C=O) groups is 1. The lowest BCUT2D eigenvalue weighted by Gasteiger charge is -2.06. The fourth-order valence-electron chi connectivity index (χ4n) is 2.27. The zero-order valence-electron chi connectivity index (χ0n) is 12.1. The summed E-state index contributed by atoms with van der Waals surface area (Å²) in [4.78, 5) is 24.6. The van der Waals surface area contributed by atoms with Gasteiger partial charge in [-0.2, -0.15) is 0 Å². The average Bonchev–Trinajstić information content (AvgIpc) is 2.53. The molecule has 3 heteroatoms. The molecule has 0 bridgehead atoms. The predicted octanol–water partition coefficient (Wildman–Crippen LogP) is 4.00. The van der Waals surface area contributed by atoms with Gasteiger partial charge in [-0.25, -0.2) is 4.79 Å². The third-order valence-electron chi connectivity index (χ3n) is 3.56. The molecule has 0 spiro atoms. The Bertz CT molecular complexity index is 931. The van der Waals surface area contributed by atoms with Gasteiger partial charge < -0.3 is 4.42 Å². The Morgan fingerprint density at radius 1 is 1.05 bits per heavy atom. The summed E-state index contributed by atoms with van der Waals surface area (Å²) in [6.07, 6.45) is 0. The van der Waals surface area contributed by atoms with Gasteiger partial charge in [-0.3, -0.25) is 4.79 Å². The van der Waals surface area contributed by atoms with Gasteiger partial charge in [0.25, 0.3) is 0 Å². The van der Waals surface area contributed by atoms with Gasteiger partial charge in [0.15, 0.2) is 5.78 Å². The van der Waals surface area contributed by atoms with E-state index in [-0.39, 0.29) is 11.1 Å². The summed E-state index contributed by atoms with van der Waals surface area (Å²) in [7, 11) is 0. The lowest BCUT2D eigenvalue weighted by atomic mass is 9.98. The molecular weight excluding hydrogens is 276 g/mol. The van der Waals surface area contributed by atoms with Crippen molar-refractivity contribution in [3.05, 3.63) is 88.3 Å². The van der Waals surface area contributed by atoms with Crippen molar-refractivity contribution in [2.24, 2.45) is 0 Å². The molecule has 0 radical (unpaired) electrons. The smallest absolute Gasteiger partial charge is 0.347 e. The van der Waals surface area contributed by atoms with E-state index in [0.29, 0.717) is 16.5 Å². The molecule has 0 unspecified atom stereocenters. The van der Waals surface area contributed by atoms with Crippen molar-refractivity contribution in [3.63, 3.8) is 0 Å². The molecule has 3 aromatic rings. The van der Waals surface area contributed by atoms with Crippen LogP contribution in [0.4, 0.5) is 0 Å². The van der Waals surface area contributed by atoms with Crippen LogP contribution in [-0.4, -0.2) is 5.78 Å². The summed E-state index contributed by atoms with van der Waals surface area (Å²) in [6.45, 7) is 5.79. The number of hydrogen-bond acceptors (Lipinski definition) is 3. The van der Waals surface area contributed by atoms with E-state index >= 15 is 0 Å². The number of aryl methyl sites for hydroxylation is 1. The molecule has 0 atom stereocenters. The number of para-hydroxylation sites is 1. The van der Waals surface area contributed by atoms with Crippen LogP contribution in [0.2, 0.25) is 0 Å². The van der Waals surface area contributed by atoms with Crippen LogP contribution in [0, 0.1) is 6.92 Å². The lowest BCUT2D eigenvalue weighted by molar-refractivity contribution is 0.105. The van der Waals surface area contributed by atoms with Crippen molar-refractivity contribution in [3.8, 4) is 0 Å². The zero-order valence-corrected chi connectivity index (χ0v) is 12.1. The van der Waals surface area contributed by atoms with Crippen LogP contribution in [0.1, 0.15) is 21.5 Å². The first-order chi connectivity index (χ1) is 10.6. The Labute approximate surface area is 127 Å². The molecule has 1 aromatic heterocycles. The van der Waals surface area contributed by atoms with Crippen LogP contribution in [-0.2, 0) is 0 Å². The van der Waals surface area contributed by atoms with E-state index in [1.54, 1.807) is 24.3 Å². The lowest BCUT2D eigenvalue weighted by Crippen LogP contribution is -2.14. The van der Waals surface area contributed by atoms with Gasteiger partial charge in [-0.1, -0.05) is 54.6 Å². The highest BCUT2D eigenvalue weighted by Crippen LogP contribution is 2.20. The van der Waals surface area contributed by atoms with E-state index in [1.165, 1.54) is 0 Å². The number of ketones is 1. The van der Waals surface area contributed by atoms with Crippen molar-refractivity contribution in [1.29, 1.82) is 0 Å². The van der Waals surface area contributed by atoms with E-state index in [4.69, 9.17) is 4.42 Å². The fraction of sp³-hybridized carbons (Fsp3) is 0.0526. The van der Waals surface area contributed by atoms with Crippen LogP contribution in [0.15, 0.2) is 70.4 Å². The molecular formula is C19H14O3. The topological polar surface area (TPSA) is 47.3 Å². The SMILES string of the molecule is C=C(C(=O)c1cc2ccccc2oc1=O)c1ccc(C)cc1. The number of rotatable bonds is 3. The maximum atomic E-state index is 12.5. The van der Waals surface area contributed by atoms with Crippen molar-refractivity contribution < 1.29 is 9.21 Å². The number of fused-ring (bicyclic) bond motifs is 1. The van der Waals surface area contributed by atoms with Crippen molar-refractivity contribution >= 4 is 22.3 Å². The molecule has 0 aliphatic heterocycles. The minimum absolute atomic E-state index is 0.00396. The van der Waals surface area contributed by atoms with Crippen molar-refractivity contribution in [2.75, 3.05) is 0 Å². The third-order valence-corrected chi connectivity index (χ3v) is 3.56. The molecule has 22 heavy (non-hydrogen) atoms. The van der Waals surface area contributed by atoms with Gasteiger partial charge >= 0.3 is 5.63 Å². The van der Waals surface area contributed by atoms with E-state index < -0.39 is 11.4 Å². The van der Waals surface area contributed by atoms with Crippen molar-refractivity contribution in [1.82, 2.24) is 0 Å². The molecule has 0 saturated carbocycles. The first-order valence-electron chi connectivity index (χ1n) is 6.90. The minimum Gasteiger partial charge on any atom is -0.422 e. The fourth-order valence-corrected chi connectivity index (χ4v) is 2.27. The Balaban J connectivity index is 2.05. The maximum absolute atomic E-state index is 12.5. The summed E-state index contributed by atoms with van der Waals surface area (Å²) in [6, 6.07) is 16.1. The number of hydrogen-bond donors (Lipinski definition) is 0. The second kappa shape index (κ2) is 5.45. The molecule has 108 valence electrons. The van der Waals surface area contributed by atoms with Gasteiger partial charge in [0, 0.05) is 11.0 Å². The number of allylic oxidation sites excluding steroid dienone is 1. The van der Waals surface area contributed by atoms with Gasteiger partial charge in [0.2, 0.25) is 0 Å². The monoisotopic (exact) mass is 290 g/mol. The van der Waals surface area contributed by atoms with Crippen molar-refractivity contribution in [2.45, 2.75) is 6.92 Å². The molecule has 0 saturated heterocycles.